The van der Waals surface area contributed by atoms with Gasteiger partial charge >= 0.3 is 0 Å². The Labute approximate surface area is 147 Å². The number of sulfonamides is 1. The number of aryl methyl sites for hydroxylation is 1. The summed E-state index contributed by atoms with van der Waals surface area (Å²) in [6.07, 6.45) is 5.32. The Bertz CT molecular complexity index is 832. The van der Waals surface area contributed by atoms with E-state index in [2.05, 4.69) is 14.6 Å². The first-order valence-corrected chi connectivity index (χ1v) is 9.90. The molecule has 0 amide bonds. The molecule has 7 heteroatoms. The SMILES string of the molecule is Cc1cc(F)ccc1S(=O)(=O)NCc1ccc(N2CCCCC2)nc1. The zero-order chi connectivity index (χ0) is 17.9. The number of rotatable bonds is 5. The van der Waals surface area contributed by atoms with Gasteiger partial charge in [-0.1, -0.05) is 6.07 Å². The van der Waals surface area contributed by atoms with E-state index >= 15 is 0 Å². The summed E-state index contributed by atoms with van der Waals surface area (Å²) in [4.78, 5) is 6.79. The van der Waals surface area contributed by atoms with Crippen LogP contribution in [0.15, 0.2) is 41.4 Å². The number of halogens is 1. The molecule has 1 aromatic carbocycles. The van der Waals surface area contributed by atoms with E-state index in [0.29, 0.717) is 5.56 Å². The minimum absolute atomic E-state index is 0.0896. The first-order valence-electron chi connectivity index (χ1n) is 8.41. The molecular formula is C18H22FN3O2S. The van der Waals surface area contributed by atoms with Crippen LogP contribution in [0.5, 0.6) is 0 Å². The normalized spacial score (nSPS) is 15.4. The number of aromatic nitrogens is 1. The number of benzene rings is 1. The number of piperidine rings is 1. The fourth-order valence-electron chi connectivity index (χ4n) is 3.00. The monoisotopic (exact) mass is 363 g/mol. The molecule has 2 heterocycles. The van der Waals surface area contributed by atoms with Crippen molar-refractivity contribution in [3.8, 4) is 0 Å². The van der Waals surface area contributed by atoms with E-state index in [-0.39, 0.29) is 11.4 Å². The molecule has 0 bridgehead atoms. The fraction of sp³-hybridized carbons (Fsp3) is 0.389. The third-order valence-corrected chi connectivity index (χ3v) is 5.94. The van der Waals surface area contributed by atoms with Gasteiger partial charge in [0.05, 0.1) is 4.90 Å². The topological polar surface area (TPSA) is 62.3 Å². The molecule has 0 saturated carbocycles. The minimum Gasteiger partial charge on any atom is -0.357 e. The lowest BCUT2D eigenvalue weighted by Gasteiger charge is -2.27. The van der Waals surface area contributed by atoms with Crippen LogP contribution in [0.4, 0.5) is 10.2 Å². The second-order valence-corrected chi connectivity index (χ2v) is 8.04. The number of hydrogen-bond acceptors (Lipinski definition) is 4. The van der Waals surface area contributed by atoms with Crippen molar-refractivity contribution in [3.63, 3.8) is 0 Å². The van der Waals surface area contributed by atoms with E-state index in [1.807, 2.05) is 12.1 Å². The van der Waals surface area contributed by atoms with Gasteiger partial charge in [-0.15, -0.1) is 0 Å². The summed E-state index contributed by atoms with van der Waals surface area (Å²) in [6.45, 7) is 3.75. The van der Waals surface area contributed by atoms with Crippen LogP contribution in [0.3, 0.4) is 0 Å². The van der Waals surface area contributed by atoms with Crippen LogP contribution in [0.2, 0.25) is 0 Å². The second-order valence-electron chi connectivity index (χ2n) is 6.31. The molecule has 0 spiro atoms. The Morgan fingerprint density at radius 1 is 1.16 bits per heavy atom. The van der Waals surface area contributed by atoms with Crippen molar-refractivity contribution >= 4 is 15.8 Å². The van der Waals surface area contributed by atoms with E-state index in [0.717, 1.165) is 30.5 Å². The summed E-state index contributed by atoms with van der Waals surface area (Å²) in [5.74, 6) is 0.481. The third-order valence-electron chi connectivity index (χ3n) is 4.38. The zero-order valence-electron chi connectivity index (χ0n) is 14.2. The maximum atomic E-state index is 13.2. The largest absolute Gasteiger partial charge is 0.357 e. The molecule has 1 aliphatic heterocycles. The molecule has 3 rings (SSSR count). The molecule has 0 unspecified atom stereocenters. The van der Waals surface area contributed by atoms with Gasteiger partial charge in [-0.25, -0.2) is 22.5 Å². The Kier molecular flexibility index (Phi) is 5.34. The van der Waals surface area contributed by atoms with Gasteiger partial charge in [0.15, 0.2) is 0 Å². The maximum Gasteiger partial charge on any atom is 0.241 e. The summed E-state index contributed by atoms with van der Waals surface area (Å²) in [5, 5.41) is 0. The Hall–Kier alpha value is -1.99. The van der Waals surface area contributed by atoms with Crippen molar-refractivity contribution in [1.82, 2.24) is 9.71 Å². The van der Waals surface area contributed by atoms with Gasteiger partial charge in [0, 0.05) is 25.8 Å². The molecule has 0 aliphatic carbocycles. The molecular weight excluding hydrogens is 341 g/mol. The molecule has 1 aliphatic rings. The highest BCUT2D eigenvalue weighted by Gasteiger charge is 2.17. The van der Waals surface area contributed by atoms with Crippen molar-refractivity contribution in [2.24, 2.45) is 0 Å². The number of hydrogen-bond donors (Lipinski definition) is 1. The molecule has 1 N–H and O–H groups in total. The Morgan fingerprint density at radius 2 is 1.92 bits per heavy atom. The van der Waals surface area contributed by atoms with Crippen LogP contribution in [0.1, 0.15) is 30.4 Å². The quantitative estimate of drug-likeness (QED) is 0.887. The number of pyridine rings is 1. The Balaban J connectivity index is 1.66. The van der Waals surface area contributed by atoms with E-state index in [1.165, 1.54) is 31.4 Å². The summed E-state index contributed by atoms with van der Waals surface area (Å²) < 4.78 is 40.5. The average molecular weight is 363 g/mol. The van der Waals surface area contributed by atoms with Crippen molar-refractivity contribution in [2.75, 3.05) is 18.0 Å². The molecule has 2 aromatic rings. The Morgan fingerprint density at radius 3 is 2.56 bits per heavy atom. The zero-order valence-corrected chi connectivity index (χ0v) is 15.0. The van der Waals surface area contributed by atoms with Crippen molar-refractivity contribution in [1.29, 1.82) is 0 Å². The van der Waals surface area contributed by atoms with E-state index < -0.39 is 15.8 Å². The van der Waals surface area contributed by atoms with Crippen LogP contribution in [0, 0.1) is 12.7 Å². The standard InChI is InChI=1S/C18H22FN3O2S/c1-14-11-16(19)6-7-17(14)25(23,24)21-13-15-5-8-18(20-12-15)22-9-3-2-4-10-22/h5-8,11-12,21H,2-4,9-10,13H2,1H3. The minimum atomic E-state index is -3.69. The van der Waals surface area contributed by atoms with Gasteiger partial charge in [0.2, 0.25) is 10.0 Å². The van der Waals surface area contributed by atoms with Crippen LogP contribution in [-0.4, -0.2) is 26.5 Å². The lowest BCUT2D eigenvalue weighted by Crippen LogP contribution is -2.30. The summed E-state index contributed by atoms with van der Waals surface area (Å²) in [7, 11) is -3.69. The molecule has 1 aromatic heterocycles. The van der Waals surface area contributed by atoms with E-state index in [9.17, 15) is 12.8 Å². The van der Waals surface area contributed by atoms with Gasteiger partial charge in [-0.05, 0) is 61.6 Å². The lowest BCUT2D eigenvalue weighted by molar-refractivity contribution is 0.573. The van der Waals surface area contributed by atoms with Crippen LogP contribution in [0.25, 0.3) is 0 Å². The molecule has 1 saturated heterocycles. The maximum absolute atomic E-state index is 13.2. The van der Waals surface area contributed by atoms with E-state index in [1.54, 1.807) is 13.1 Å². The predicted octanol–water partition coefficient (Wildman–Crippen LogP) is 3.00. The molecule has 134 valence electrons. The van der Waals surface area contributed by atoms with Crippen molar-refractivity contribution in [2.45, 2.75) is 37.6 Å². The summed E-state index contributed by atoms with van der Waals surface area (Å²) >= 11 is 0. The molecule has 5 nitrogen and oxygen atoms in total. The second kappa shape index (κ2) is 7.49. The number of nitrogens with one attached hydrogen (secondary N) is 1. The summed E-state index contributed by atoms with van der Waals surface area (Å²) in [6, 6.07) is 7.46. The number of nitrogens with zero attached hydrogens (tertiary/aromatic N) is 2. The van der Waals surface area contributed by atoms with Gasteiger partial charge in [-0.3, -0.25) is 0 Å². The van der Waals surface area contributed by atoms with Crippen LogP contribution >= 0.6 is 0 Å². The molecule has 0 radical (unpaired) electrons. The highest BCUT2D eigenvalue weighted by Crippen LogP contribution is 2.19. The molecule has 25 heavy (non-hydrogen) atoms. The molecule has 1 fully saturated rings. The summed E-state index contributed by atoms with van der Waals surface area (Å²) in [5.41, 5.74) is 1.16. The van der Waals surface area contributed by atoms with Crippen molar-refractivity contribution < 1.29 is 12.8 Å². The molecule has 0 atom stereocenters. The smallest absolute Gasteiger partial charge is 0.241 e. The van der Waals surface area contributed by atoms with Gasteiger partial charge < -0.3 is 4.90 Å². The highest BCUT2D eigenvalue weighted by atomic mass is 32.2. The van der Waals surface area contributed by atoms with Gasteiger partial charge in [0.25, 0.3) is 0 Å². The number of anilines is 1. The van der Waals surface area contributed by atoms with Crippen LogP contribution < -0.4 is 9.62 Å². The van der Waals surface area contributed by atoms with Gasteiger partial charge in [-0.2, -0.15) is 0 Å². The third kappa shape index (κ3) is 4.35. The highest BCUT2D eigenvalue weighted by molar-refractivity contribution is 7.89. The predicted molar refractivity (Wildman–Crippen MR) is 95.5 cm³/mol. The van der Waals surface area contributed by atoms with Crippen LogP contribution in [-0.2, 0) is 16.6 Å². The van der Waals surface area contributed by atoms with Gasteiger partial charge in [0.1, 0.15) is 11.6 Å². The first-order chi connectivity index (χ1) is 12.0. The van der Waals surface area contributed by atoms with Crippen molar-refractivity contribution in [3.05, 3.63) is 53.5 Å². The lowest BCUT2D eigenvalue weighted by atomic mass is 10.1. The van der Waals surface area contributed by atoms with E-state index in [4.69, 9.17) is 0 Å². The average Bonchev–Trinajstić information content (AvgIpc) is 2.61. The first kappa shape index (κ1) is 17.8. The fourth-order valence-corrected chi connectivity index (χ4v) is 4.24.